The topological polar surface area (TPSA) is 111 Å². The van der Waals surface area contributed by atoms with Crippen LogP contribution < -0.4 is 19.1 Å². The minimum absolute atomic E-state index is 0.0647. The molecule has 0 saturated carbocycles. The van der Waals surface area contributed by atoms with Crippen molar-refractivity contribution in [3.63, 3.8) is 0 Å². The van der Waals surface area contributed by atoms with Crippen LogP contribution >= 0.6 is 0 Å². The lowest BCUT2D eigenvalue weighted by atomic mass is 10.0. The first kappa shape index (κ1) is 24.5. The summed E-state index contributed by atoms with van der Waals surface area (Å²) in [6, 6.07) is 11.5. The van der Waals surface area contributed by atoms with E-state index in [-0.39, 0.29) is 23.8 Å². The Hall–Kier alpha value is -3.11. The molecule has 1 aliphatic heterocycles. The molecule has 0 aliphatic carbocycles. The molecule has 178 valence electrons. The van der Waals surface area contributed by atoms with Gasteiger partial charge in [0.1, 0.15) is 11.5 Å². The van der Waals surface area contributed by atoms with Crippen molar-refractivity contribution < 1.29 is 32.2 Å². The third-order valence-electron chi connectivity index (χ3n) is 5.13. The molecule has 2 aromatic carbocycles. The molecule has 1 aliphatic rings. The van der Waals surface area contributed by atoms with Crippen LogP contribution in [0.2, 0.25) is 0 Å². The lowest BCUT2D eigenvalue weighted by Crippen LogP contribution is -2.38. The zero-order valence-corrected chi connectivity index (χ0v) is 19.5. The number of hydrogen-bond acceptors (Lipinski definition) is 7. The molecule has 9 nitrogen and oxygen atoms in total. The number of anilines is 1. The van der Waals surface area contributed by atoms with Crippen LogP contribution in [0.1, 0.15) is 25.3 Å². The van der Waals surface area contributed by atoms with Gasteiger partial charge >= 0.3 is 5.97 Å². The summed E-state index contributed by atoms with van der Waals surface area (Å²) < 4.78 is 42.6. The van der Waals surface area contributed by atoms with E-state index in [1.165, 1.54) is 12.1 Å². The second-order valence-corrected chi connectivity index (χ2v) is 9.12. The predicted molar refractivity (Wildman–Crippen MR) is 122 cm³/mol. The van der Waals surface area contributed by atoms with Crippen LogP contribution in [0.4, 0.5) is 5.69 Å². The highest BCUT2D eigenvalue weighted by Gasteiger charge is 2.24. The van der Waals surface area contributed by atoms with Gasteiger partial charge in [-0.25, -0.2) is 13.1 Å². The minimum Gasteiger partial charge on any atom is -0.497 e. The van der Waals surface area contributed by atoms with Crippen molar-refractivity contribution in [2.75, 3.05) is 38.3 Å². The number of nitrogens with one attached hydrogen (secondary N) is 1. The molecular formula is C23H28N2O7S. The number of rotatable bonds is 10. The van der Waals surface area contributed by atoms with E-state index in [0.29, 0.717) is 18.9 Å². The number of amides is 1. The van der Waals surface area contributed by atoms with Gasteiger partial charge in [-0.15, -0.1) is 0 Å². The minimum atomic E-state index is -3.77. The summed E-state index contributed by atoms with van der Waals surface area (Å²) in [7, 11) is -2.19. The number of carbonyl (C=O) groups is 2. The summed E-state index contributed by atoms with van der Waals surface area (Å²) in [5.41, 5.74) is 1.79. The van der Waals surface area contributed by atoms with E-state index in [2.05, 4.69) is 4.72 Å². The van der Waals surface area contributed by atoms with Crippen LogP contribution in [0.3, 0.4) is 0 Å². The van der Waals surface area contributed by atoms with E-state index in [1.807, 2.05) is 19.1 Å². The molecule has 1 amide bonds. The van der Waals surface area contributed by atoms with Gasteiger partial charge in [-0.2, -0.15) is 0 Å². The first-order valence-electron chi connectivity index (χ1n) is 10.7. The number of esters is 1. The molecule has 0 bridgehead atoms. The summed E-state index contributed by atoms with van der Waals surface area (Å²) in [6.07, 6.45) is 1.44. The smallest absolute Gasteiger partial charge is 0.307 e. The molecule has 33 heavy (non-hydrogen) atoms. The van der Waals surface area contributed by atoms with Crippen LogP contribution in [0.5, 0.6) is 11.5 Å². The van der Waals surface area contributed by atoms with Gasteiger partial charge in [-0.3, -0.25) is 9.59 Å². The van der Waals surface area contributed by atoms with E-state index < -0.39 is 22.6 Å². The maximum absolute atomic E-state index is 12.6. The predicted octanol–water partition coefficient (Wildman–Crippen LogP) is 2.28. The van der Waals surface area contributed by atoms with Crippen molar-refractivity contribution >= 4 is 27.6 Å². The normalized spacial score (nSPS) is 13.2. The van der Waals surface area contributed by atoms with E-state index in [9.17, 15) is 18.0 Å². The number of hydrogen-bond donors (Lipinski definition) is 1. The lowest BCUT2D eigenvalue weighted by Gasteiger charge is -2.29. The fraction of sp³-hybridized carbons (Fsp3) is 0.391. The molecule has 1 heterocycles. The molecule has 2 aromatic rings. The van der Waals surface area contributed by atoms with Gasteiger partial charge in [0.25, 0.3) is 5.91 Å². The van der Waals surface area contributed by atoms with Gasteiger partial charge in [-0.1, -0.05) is 0 Å². The van der Waals surface area contributed by atoms with Crippen LogP contribution in [-0.4, -0.2) is 53.7 Å². The molecule has 0 atom stereocenters. The van der Waals surface area contributed by atoms with E-state index >= 15 is 0 Å². The number of fused-ring (bicyclic) bond motifs is 1. The Morgan fingerprint density at radius 3 is 2.52 bits per heavy atom. The quantitative estimate of drug-likeness (QED) is 0.524. The van der Waals surface area contributed by atoms with Crippen LogP contribution in [0.15, 0.2) is 47.4 Å². The van der Waals surface area contributed by atoms with Gasteiger partial charge in [0.2, 0.25) is 10.0 Å². The van der Waals surface area contributed by atoms with Crippen molar-refractivity contribution in [2.24, 2.45) is 0 Å². The van der Waals surface area contributed by atoms with Crippen LogP contribution in [0, 0.1) is 0 Å². The molecule has 0 spiro atoms. The number of nitrogens with zero attached hydrogens (tertiary/aromatic N) is 1. The number of sulfonamides is 1. The molecule has 0 fully saturated rings. The number of methoxy groups -OCH3 is 1. The maximum Gasteiger partial charge on any atom is 0.307 e. The fourth-order valence-electron chi connectivity index (χ4n) is 3.50. The van der Waals surface area contributed by atoms with Crippen LogP contribution in [-0.2, 0) is 30.8 Å². The highest BCUT2D eigenvalue weighted by molar-refractivity contribution is 7.89. The number of aryl methyl sites for hydroxylation is 1. The van der Waals surface area contributed by atoms with Gasteiger partial charge in [0.15, 0.2) is 6.61 Å². The first-order valence-corrected chi connectivity index (χ1v) is 12.2. The Morgan fingerprint density at radius 1 is 1.09 bits per heavy atom. The van der Waals surface area contributed by atoms with E-state index in [0.717, 1.165) is 29.8 Å². The Morgan fingerprint density at radius 2 is 1.82 bits per heavy atom. The lowest BCUT2D eigenvalue weighted by molar-refractivity contribution is -0.147. The van der Waals surface area contributed by atoms with E-state index in [4.69, 9.17) is 14.2 Å². The number of ether oxygens (including phenoxy) is 3. The van der Waals surface area contributed by atoms with Crippen molar-refractivity contribution in [3.05, 3.63) is 48.0 Å². The third kappa shape index (κ3) is 6.45. The van der Waals surface area contributed by atoms with Gasteiger partial charge < -0.3 is 19.1 Å². The summed E-state index contributed by atoms with van der Waals surface area (Å²) >= 11 is 0. The average molecular weight is 477 g/mol. The molecular weight excluding hydrogens is 448 g/mol. The van der Waals surface area contributed by atoms with Crippen molar-refractivity contribution in [1.29, 1.82) is 0 Å². The molecule has 0 saturated heterocycles. The average Bonchev–Trinajstić information content (AvgIpc) is 2.82. The number of benzene rings is 2. The largest absolute Gasteiger partial charge is 0.497 e. The second kappa shape index (κ2) is 11.2. The zero-order chi connectivity index (χ0) is 23.8. The Bertz CT molecular complexity index is 1080. The Labute approximate surface area is 193 Å². The third-order valence-corrected chi connectivity index (χ3v) is 6.61. The zero-order valence-electron chi connectivity index (χ0n) is 18.7. The van der Waals surface area contributed by atoms with Gasteiger partial charge in [-0.05, 0) is 67.8 Å². The molecule has 1 N–H and O–H groups in total. The molecule has 3 rings (SSSR count). The van der Waals surface area contributed by atoms with Crippen LogP contribution in [0.25, 0.3) is 0 Å². The Kier molecular flexibility index (Phi) is 8.29. The monoisotopic (exact) mass is 476 g/mol. The molecule has 0 aromatic heterocycles. The Balaban J connectivity index is 1.46. The second-order valence-electron chi connectivity index (χ2n) is 7.36. The number of carbonyl (C=O) groups excluding carboxylic acids is 2. The summed E-state index contributed by atoms with van der Waals surface area (Å²) in [6.45, 7) is 2.30. The summed E-state index contributed by atoms with van der Waals surface area (Å²) in [5, 5.41) is 0. The summed E-state index contributed by atoms with van der Waals surface area (Å²) in [4.78, 5) is 26.3. The van der Waals surface area contributed by atoms with Gasteiger partial charge in [0, 0.05) is 18.8 Å². The van der Waals surface area contributed by atoms with Crippen molar-refractivity contribution in [2.45, 2.75) is 31.1 Å². The SMILES string of the molecule is CCOc1ccc(S(=O)(=O)NCCC(=O)OCC(=O)N2CCCc3cc(OC)ccc32)cc1. The molecule has 0 radical (unpaired) electrons. The first-order chi connectivity index (χ1) is 15.8. The maximum atomic E-state index is 12.6. The molecule has 0 unspecified atom stereocenters. The summed E-state index contributed by atoms with van der Waals surface area (Å²) in [5.74, 6) is 0.302. The van der Waals surface area contributed by atoms with Crippen molar-refractivity contribution in [1.82, 2.24) is 4.72 Å². The van der Waals surface area contributed by atoms with E-state index in [1.54, 1.807) is 30.2 Å². The fourth-order valence-corrected chi connectivity index (χ4v) is 4.54. The van der Waals surface area contributed by atoms with Crippen molar-refractivity contribution in [3.8, 4) is 11.5 Å². The standard InChI is InChI=1S/C23H28N2O7S/c1-3-31-18-6-9-20(10-7-18)33(28,29)24-13-12-23(27)32-16-22(26)25-14-4-5-17-15-19(30-2)8-11-21(17)25/h6-11,15,24H,3-5,12-14,16H2,1-2H3. The van der Waals surface area contributed by atoms with Gasteiger partial charge in [0.05, 0.1) is 25.0 Å². The highest BCUT2D eigenvalue weighted by Crippen LogP contribution is 2.30. The molecule has 10 heteroatoms. The highest BCUT2D eigenvalue weighted by atomic mass is 32.2.